The van der Waals surface area contributed by atoms with Crippen LogP contribution in [0.4, 0.5) is 5.69 Å². The van der Waals surface area contributed by atoms with E-state index in [4.69, 9.17) is 4.74 Å². The van der Waals surface area contributed by atoms with E-state index in [1.165, 1.54) is 0 Å². The molecule has 4 nitrogen and oxygen atoms in total. The number of hydrogen-bond acceptors (Lipinski definition) is 3. The minimum absolute atomic E-state index is 0.235. The zero-order valence-electron chi connectivity index (χ0n) is 16.1. The number of amides is 1. The standard InChI is InChI=1S/C24H20BrNO3/c1-15-6-10-19(11-7-15)26-22(17-4-3-5-18(25)14-17)21(23(27)24(26)28)16-8-12-20(29-2)13-9-16/h3-14,22,27H,1-2H3/t22-/m0/s1. The second-order valence-electron chi connectivity index (χ2n) is 6.96. The molecule has 1 aliphatic heterocycles. The van der Waals surface area contributed by atoms with Gasteiger partial charge in [0.1, 0.15) is 5.75 Å². The Bertz CT molecular complexity index is 1090. The number of rotatable bonds is 4. The first kappa shape index (κ1) is 19.3. The molecule has 5 heteroatoms. The van der Waals surface area contributed by atoms with Crippen molar-refractivity contribution >= 4 is 33.1 Å². The average molecular weight is 450 g/mol. The Morgan fingerprint density at radius 2 is 1.69 bits per heavy atom. The number of anilines is 1. The lowest BCUT2D eigenvalue weighted by Crippen LogP contribution is -2.30. The monoisotopic (exact) mass is 449 g/mol. The van der Waals surface area contributed by atoms with E-state index in [1.807, 2.05) is 79.7 Å². The van der Waals surface area contributed by atoms with E-state index in [9.17, 15) is 9.90 Å². The number of aryl methyl sites for hydroxylation is 1. The van der Waals surface area contributed by atoms with Gasteiger partial charge in [0.15, 0.2) is 5.76 Å². The van der Waals surface area contributed by atoms with E-state index >= 15 is 0 Å². The van der Waals surface area contributed by atoms with Crippen LogP contribution in [0.2, 0.25) is 0 Å². The summed E-state index contributed by atoms with van der Waals surface area (Å²) in [6.45, 7) is 2.00. The van der Waals surface area contributed by atoms with Crippen LogP contribution in [0.25, 0.3) is 5.57 Å². The van der Waals surface area contributed by atoms with E-state index in [1.54, 1.807) is 12.0 Å². The molecule has 146 valence electrons. The van der Waals surface area contributed by atoms with E-state index in [2.05, 4.69) is 15.9 Å². The zero-order valence-corrected chi connectivity index (χ0v) is 17.7. The van der Waals surface area contributed by atoms with Crippen molar-refractivity contribution in [2.45, 2.75) is 13.0 Å². The number of carbonyl (C=O) groups is 1. The number of carbonyl (C=O) groups excluding carboxylic acids is 1. The fourth-order valence-electron chi connectivity index (χ4n) is 3.63. The lowest BCUT2D eigenvalue weighted by molar-refractivity contribution is -0.117. The summed E-state index contributed by atoms with van der Waals surface area (Å²) in [5.74, 6) is 0.0675. The zero-order chi connectivity index (χ0) is 20.5. The number of aliphatic hydroxyl groups is 1. The maximum absolute atomic E-state index is 13.1. The number of aliphatic hydroxyl groups excluding tert-OH is 1. The predicted molar refractivity (Wildman–Crippen MR) is 118 cm³/mol. The molecule has 0 fully saturated rings. The Morgan fingerprint density at radius 3 is 2.31 bits per heavy atom. The van der Waals surface area contributed by atoms with Gasteiger partial charge in [0.2, 0.25) is 0 Å². The lowest BCUT2D eigenvalue weighted by atomic mass is 9.93. The Morgan fingerprint density at radius 1 is 1.00 bits per heavy atom. The summed E-state index contributed by atoms with van der Waals surface area (Å²) < 4.78 is 6.16. The SMILES string of the molecule is COc1ccc(C2=C(O)C(=O)N(c3ccc(C)cc3)[C@H]2c2cccc(Br)c2)cc1. The molecule has 0 radical (unpaired) electrons. The van der Waals surface area contributed by atoms with Gasteiger partial charge >= 0.3 is 0 Å². The van der Waals surface area contributed by atoms with E-state index < -0.39 is 11.9 Å². The van der Waals surface area contributed by atoms with E-state index in [0.29, 0.717) is 11.3 Å². The molecule has 1 amide bonds. The number of hydrogen-bond donors (Lipinski definition) is 1. The number of nitrogens with zero attached hydrogens (tertiary/aromatic N) is 1. The lowest BCUT2D eigenvalue weighted by Gasteiger charge is -2.27. The summed E-state index contributed by atoms with van der Waals surface area (Å²) in [5.41, 5.74) is 4.10. The number of ether oxygens (including phenoxy) is 1. The van der Waals surface area contributed by atoms with Gasteiger partial charge in [0.25, 0.3) is 5.91 Å². The first-order chi connectivity index (χ1) is 14.0. The van der Waals surface area contributed by atoms with E-state index in [0.717, 1.165) is 26.9 Å². The molecular formula is C24H20BrNO3. The molecule has 1 N–H and O–H groups in total. The van der Waals surface area contributed by atoms with Crippen LogP contribution in [0.15, 0.2) is 83.0 Å². The second kappa shape index (κ2) is 7.76. The fraction of sp³-hybridized carbons (Fsp3) is 0.125. The van der Waals surface area contributed by atoms with Crippen molar-refractivity contribution in [3.05, 3.63) is 99.7 Å². The molecule has 0 unspecified atom stereocenters. The molecule has 0 saturated heterocycles. The molecule has 3 aromatic rings. The van der Waals surface area contributed by atoms with Crippen LogP contribution >= 0.6 is 15.9 Å². The van der Waals surface area contributed by atoms with Crippen molar-refractivity contribution in [1.82, 2.24) is 0 Å². The minimum atomic E-state index is -0.448. The highest BCUT2D eigenvalue weighted by molar-refractivity contribution is 9.10. The minimum Gasteiger partial charge on any atom is -0.503 e. The van der Waals surface area contributed by atoms with Crippen LogP contribution in [0.3, 0.4) is 0 Å². The number of halogens is 1. The quantitative estimate of drug-likeness (QED) is 0.545. The van der Waals surface area contributed by atoms with Crippen LogP contribution in [0.5, 0.6) is 5.75 Å². The van der Waals surface area contributed by atoms with Crippen molar-refractivity contribution in [2.24, 2.45) is 0 Å². The smallest absolute Gasteiger partial charge is 0.294 e. The summed E-state index contributed by atoms with van der Waals surface area (Å²) in [5, 5.41) is 10.9. The first-order valence-corrected chi connectivity index (χ1v) is 10.0. The van der Waals surface area contributed by atoms with Crippen molar-refractivity contribution in [2.75, 3.05) is 12.0 Å². The van der Waals surface area contributed by atoms with E-state index in [-0.39, 0.29) is 5.76 Å². The maximum atomic E-state index is 13.1. The van der Waals surface area contributed by atoms with Crippen molar-refractivity contribution < 1.29 is 14.6 Å². The maximum Gasteiger partial charge on any atom is 0.294 e. The Hall–Kier alpha value is -3.05. The number of methoxy groups -OCH3 is 1. The van der Waals surface area contributed by atoms with Gasteiger partial charge in [-0.15, -0.1) is 0 Å². The summed E-state index contributed by atoms with van der Waals surface area (Å²) >= 11 is 3.52. The normalized spacial score (nSPS) is 16.4. The molecule has 3 aromatic carbocycles. The van der Waals surface area contributed by atoms with Gasteiger partial charge in [-0.1, -0.05) is 57.9 Å². The van der Waals surface area contributed by atoms with Crippen LogP contribution in [0.1, 0.15) is 22.7 Å². The van der Waals surface area contributed by atoms with Crippen LogP contribution in [-0.2, 0) is 4.79 Å². The Balaban J connectivity index is 1.89. The summed E-state index contributed by atoms with van der Waals surface area (Å²) in [4.78, 5) is 14.8. The van der Waals surface area contributed by atoms with Crippen LogP contribution in [-0.4, -0.2) is 18.1 Å². The first-order valence-electron chi connectivity index (χ1n) is 9.23. The van der Waals surface area contributed by atoms with Crippen molar-refractivity contribution in [3.63, 3.8) is 0 Å². The summed E-state index contributed by atoms with van der Waals surface area (Å²) in [6, 6.07) is 22.5. The predicted octanol–water partition coefficient (Wildman–Crippen LogP) is 5.82. The highest BCUT2D eigenvalue weighted by atomic mass is 79.9. The van der Waals surface area contributed by atoms with Gasteiger partial charge in [-0.25, -0.2) is 0 Å². The summed E-state index contributed by atoms with van der Waals surface area (Å²) in [7, 11) is 1.61. The van der Waals surface area contributed by atoms with Gasteiger partial charge in [-0.05, 0) is 54.4 Å². The molecule has 29 heavy (non-hydrogen) atoms. The molecule has 1 aliphatic rings. The molecule has 0 bridgehead atoms. The van der Waals surface area contributed by atoms with Gasteiger partial charge in [0, 0.05) is 15.7 Å². The molecular weight excluding hydrogens is 430 g/mol. The average Bonchev–Trinajstić information content (AvgIpc) is 3.00. The van der Waals surface area contributed by atoms with Gasteiger partial charge in [-0.3, -0.25) is 9.69 Å². The largest absolute Gasteiger partial charge is 0.503 e. The highest BCUT2D eigenvalue weighted by Crippen LogP contribution is 2.45. The van der Waals surface area contributed by atoms with Crippen LogP contribution < -0.4 is 9.64 Å². The van der Waals surface area contributed by atoms with Crippen molar-refractivity contribution in [1.29, 1.82) is 0 Å². The van der Waals surface area contributed by atoms with Gasteiger partial charge in [-0.2, -0.15) is 0 Å². The Labute approximate surface area is 178 Å². The third kappa shape index (κ3) is 3.54. The Kier molecular flexibility index (Phi) is 5.16. The molecule has 1 atom stereocenters. The second-order valence-corrected chi connectivity index (χ2v) is 7.87. The molecule has 0 aromatic heterocycles. The highest BCUT2D eigenvalue weighted by Gasteiger charge is 2.42. The van der Waals surface area contributed by atoms with Crippen LogP contribution in [0, 0.1) is 6.92 Å². The van der Waals surface area contributed by atoms with Crippen molar-refractivity contribution in [3.8, 4) is 5.75 Å². The molecule has 0 saturated carbocycles. The molecule has 1 heterocycles. The number of benzene rings is 3. The molecule has 0 aliphatic carbocycles. The molecule has 4 rings (SSSR count). The summed E-state index contributed by atoms with van der Waals surface area (Å²) in [6.07, 6.45) is 0. The van der Waals surface area contributed by atoms with Gasteiger partial charge in [0.05, 0.1) is 13.2 Å². The van der Waals surface area contributed by atoms with Gasteiger partial charge < -0.3 is 9.84 Å². The topological polar surface area (TPSA) is 49.8 Å². The molecule has 0 spiro atoms. The fourth-order valence-corrected chi connectivity index (χ4v) is 4.05. The third-order valence-electron chi connectivity index (χ3n) is 5.09. The third-order valence-corrected chi connectivity index (χ3v) is 5.58.